The highest BCUT2D eigenvalue weighted by atomic mass is 16.6. The number of ether oxygens (including phenoxy) is 3. The van der Waals surface area contributed by atoms with Crippen molar-refractivity contribution < 1.29 is 19.0 Å². The fraction of sp³-hybridized carbons (Fsp3) is 0.381. The third-order valence-electron chi connectivity index (χ3n) is 3.41. The minimum atomic E-state index is -0.481. The van der Waals surface area contributed by atoms with Crippen LogP contribution in [0, 0.1) is 0 Å². The molecule has 0 fully saturated rings. The number of para-hydroxylation sites is 1. The second kappa shape index (κ2) is 9.13. The van der Waals surface area contributed by atoms with E-state index < -0.39 is 5.60 Å². The smallest absolute Gasteiger partial charge is 0.410 e. The Bertz CT molecular complexity index is 677. The van der Waals surface area contributed by atoms with Crippen LogP contribution in [0.15, 0.2) is 54.6 Å². The maximum Gasteiger partial charge on any atom is 0.410 e. The summed E-state index contributed by atoms with van der Waals surface area (Å²) >= 11 is 0. The Morgan fingerprint density at radius 1 is 0.923 bits per heavy atom. The monoisotopic (exact) mass is 357 g/mol. The van der Waals surface area contributed by atoms with Crippen molar-refractivity contribution in [3.8, 4) is 17.2 Å². The minimum absolute atomic E-state index is 0.320. The molecule has 2 rings (SSSR count). The molecule has 0 spiro atoms. The summed E-state index contributed by atoms with van der Waals surface area (Å²) in [5.41, 5.74) is -0.481. The molecule has 0 aliphatic rings. The van der Waals surface area contributed by atoms with Crippen molar-refractivity contribution in [1.29, 1.82) is 0 Å². The molecule has 0 aliphatic heterocycles. The van der Waals surface area contributed by atoms with E-state index in [1.54, 1.807) is 11.9 Å². The van der Waals surface area contributed by atoms with E-state index in [0.29, 0.717) is 13.2 Å². The van der Waals surface area contributed by atoms with Gasteiger partial charge < -0.3 is 19.1 Å². The van der Waals surface area contributed by atoms with Crippen molar-refractivity contribution in [2.24, 2.45) is 0 Å². The lowest BCUT2D eigenvalue weighted by Crippen LogP contribution is -2.35. The predicted octanol–water partition coefficient (Wildman–Crippen LogP) is 5.11. The van der Waals surface area contributed by atoms with Gasteiger partial charge in [0.1, 0.15) is 22.8 Å². The van der Waals surface area contributed by atoms with Crippen molar-refractivity contribution in [3.63, 3.8) is 0 Å². The Balaban J connectivity index is 1.70. The lowest BCUT2D eigenvalue weighted by molar-refractivity contribution is 0.0292. The van der Waals surface area contributed by atoms with Crippen molar-refractivity contribution in [2.75, 3.05) is 20.2 Å². The normalized spacial score (nSPS) is 10.9. The van der Waals surface area contributed by atoms with Gasteiger partial charge in [-0.2, -0.15) is 0 Å². The molecule has 0 bridgehead atoms. The molecule has 0 atom stereocenters. The standard InChI is InChI=1S/C21H27NO4/c1-21(2,3)26-20(23)22(4)15-8-16-24-17-11-13-19(14-12-17)25-18-9-6-5-7-10-18/h5-7,9-14H,8,15-16H2,1-4H3. The molecule has 1 amide bonds. The van der Waals surface area contributed by atoms with Gasteiger partial charge in [-0.15, -0.1) is 0 Å². The van der Waals surface area contributed by atoms with Gasteiger partial charge in [-0.1, -0.05) is 18.2 Å². The molecule has 0 saturated carbocycles. The number of hydrogen-bond acceptors (Lipinski definition) is 4. The van der Waals surface area contributed by atoms with Gasteiger partial charge in [-0.05, 0) is 63.6 Å². The number of hydrogen-bond donors (Lipinski definition) is 0. The third-order valence-corrected chi connectivity index (χ3v) is 3.41. The Morgan fingerprint density at radius 3 is 2.12 bits per heavy atom. The van der Waals surface area contributed by atoms with Gasteiger partial charge in [0.25, 0.3) is 0 Å². The van der Waals surface area contributed by atoms with Crippen LogP contribution in [0.25, 0.3) is 0 Å². The minimum Gasteiger partial charge on any atom is -0.494 e. The SMILES string of the molecule is CN(CCCOc1ccc(Oc2ccccc2)cc1)C(=O)OC(C)(C)C. The van der Waals surface area contributed by atoms with Gasteiger partial charge in [0, 0.05) is 13.6 Å². The van der Waals surface area contributed by atoms with E-state index in [2.05, 4.69) is 0 Å². The fourth-order valence-electron chi connectivity index (χ4n) is 2.15. The highest BCUT2D eigenvalue weighted by molar-refractivity contribution is 5.67. The van der Waals surface area contributed by atoms with Crippen LogP contribution in [-0.4, -0.2) is 36.8 Å². The first-order valence-electron chi connectivity index (χ1n) is 8.73. The van der Waals surface area contributed by atoms with Gasteiger partial charge in [0.05, 0.1) is 6.61 Å². The van der Waals surface area contributed by atoms with Crippen LogP contribution in [0.1, 0.15) is 27.2 Å². The molecule has 5 heteroatoms. The summed E-state index contributed by atoms with van der Waals surface area (Å²) < 4.78 is 16.8. The lowest BCUT2D eigenvalue weighted by atomic mass is 10.2. The molecule has 2 aromatic rings. The molecule has 2 aromatic carbocycles. The Labute approximate surface area is 155 Å². The van der Waals surface area contributed by atoms with Gasteiger partial charge >= 0.3 is 6.09 Å². The van der Waals surface area contributed by atoms with Crippen LogP contribution >= 0.6 is 0 Å². The summed E-state index contributed by atoms with van der Waals surface area (Å²) in [7, 11) is 1.73. The highest BCUT2D eigenvalue weighted by Crippen LogP contribution is 2.23. The average molecular weight is 357 g/mol. The zero-order chi connectivity index (χ0) is 19.0. The van der Waals surface area contributed by atoms with Gasteiger partial charge in [-0.25, -0.2) is 4.79 Å². The Kier molecular flexibility index (Phi) is 6.89. The summed E-state index contributed by atoms with van der Waals surface area (Å²) in [6.07, 6.45) is 0.401. The maximum absolute atomic E-state index is 11.9. The lowest BCUT2D eigenvalue weighted by Gasteiger charge is -2.24. The summed E-state index contributed by atoms with van der Waals surface area (Å²) in [6.45, 7) is 6.66. The molecule has 0 aromatic heterocycles. The molecule has 0 N–H and O–H groups in total. The number of amides is 1. The molecule has 26 heavy (non-hydrogen) atoms. The summed E-state index contributed by atoms with van der Waals surface area (Å²) in [4.78, 5) is 13.4. The Hall–Kier alpha value is -2.69. The van der Waals surface area contributed by atoms with Crippen molar-refractivity contribution in [2.45, 2.75) is 32.8 Å². The zero-order valence-corrected chi connectivity index (χ0v) is 15.9. The second-order valence-corrected chi connectivity index (χ2v) is 6.99. The summed E-state index contributed by atoms with van der Waals surface area (Å²) in [5.74, 6) is 2.32. The predicted molar refractivity (Wildman–Crippen MR) is 102 cm³/mol. The van der Waals surface area contributed by atoms with E-state index in [1.165, 1.54) is 0 Å². The first-order valence-corrected chi connectivity index (χ1v) is 8.73. The van der Waals surface area contributed by atoms with Crippen molar-refractivity contribution >= 4 is 6.09 Å². The van der Waals surface area contributed by atoms with Crippen LogP contribution in [0.3, 0.4) is 0 Å². The van der Waals surface area contributed by atoms with Crippen LogP contribution in [0.2, 0.25) is 0 Å². The number of rotatable bonds is 7. The van der Waals surface area contributed by atoms with Gasteiger partial charge in [0.15, 0.2) is 0 Å². The Morgan fingerprint density at radius 2 is 1.50 bits per heavy atom. The zero-order valence-electron chi connectivity index (χ0n) is 15.9. The van der Waals surface area contributed by atoms with E-state index in [-0.39, 0.29) is 6.09 Å². The molecule has 5 nitrogen and oxygen atoms in total. The molecule has 0 saturated heterocycles. The molecule has 0 unspecified atom stereocenters. The molecular formula is C21H27NO4. The molecule has 0 heterocycles. The van der Waals surface area contributed by atoms with E-state index in [4.69, 9.17) is 14.2 Å². The second-order valence-electron chi connectivity index (χ2n) is 6.99. The van der Waals surface area contributed by atoms with E-state index in [9.17, 15) is 4.79 Å². The van der Waals surface area contributed by atoms with Gasteiger partial charge in [0.2, 0.25) is 0 Å². The first-order chi connectivity index (χ1) is 12.3. The van der Waals surface area contributed by atoms with Crippen LogP contribution < -0.4 is 9.47 Å². The first kappa shape index (κ1) is 19.6. The maximum atomic E-state index is 11.9. The third kappa shape index (κ3) is 7.05. The summed E-state index contributed by atoms with van der Waals surface area (Å²) in [5, 5.41) is 0. The van der Waals surface area contributed by atoms with Crippen LogP contribution in [-0.2, 0) is 4.74 Å². The van der Waals surface area contributed by atoms with Crippen LogP contribution in [0.5, 0.6) is 17.2 Å². The molecule has 0 aliphatic carbocycles. The molecular weight excluding hydrogens is 330 g/mol. The quantitative estimate of drug-likeness (QED) is 0.646. The van der Waals surface area contributed by atoms with E-state index >= 15 is 0 Å². The molecule has 140 valence electrons. The largest absolute Gasteiger partial charge is 0.494 e. The fourth-order valence-corrected chi connectivity index (χ4v) is 2.15. The van der Waals surface area contributed by atoms with Gasteiger partial charge in [-0.3, -0.25) is 0 Å². The number of nitrogens with zero attached hydrogens (tertiary/aromatic N) is 1. The number of carbonyl (C=O) groups is 1. The molecule has 0 radical (unpaired) electrons. The highest BCUT2D eigenvalue weighted by Gasteiger charge is 2.19. The average Bonchev–Trinajstić information content (AvgIpc) is 2.59. The van der Waals surface area contributed by atoms with Crippen LogP contribution in [0.4, 0.5) is 4.79 Å². The summed E-state index contributed by atoms with van der Waals surface area (Å²) in [6, 6.07) is 17.1. The topological polar surface area (TPSA) is 48.0 Å². The number of carbonyl (C=O) groups excluding carboxylic acids is 1. The van der Waals surface area contributed by atoms with E-state index in [0.717, 1.165) is 23.7 Å². The van der Waals surface area contributed by atoms with Crippen molar-refractivity contribution in [3.05, 3.63) is 54.6 Å². The van der Waals surface area contributed by atoms with E-state index in [1.807, 2.05) is 75.4 Å². The van der Waals surface area contributed by atoms with Crippen molar-refractivity contribution in [1.82, 2.24) is 4.90 Å². The number of benzene rings is 2.